The molecule has 0 aliphatic rings. The lowest BCUT2D eigenvalue weighted by atomic mass is 10.4. The Morgan fingerprint density at radius 3 is 2.80 bits per heavy atom. The fraction of sp³-hybridized carbons (Fsp3) is 0.385. The highest BCUT2D eigenvalue weighted by atomic mass is 32.2. The average molecular weight is 393 g/mol. The molecule has 0 saturated carbocycles. The molecule has 138 valence electrons. The number of nitrogens with one attached hydrogen (secondary N) is 2. The Morgan fingerprint density at radius 2 is 2.16 bits per heavy atom. The molecule has 25 heavy (non-hydrogen) atoms. The summed E-state index contributed by atoms with van der Waals surface area (Å²) in [4.78, 5) is 17.7. The summed E-state index contributed by atoms with van der Waals surface area (Å²) in [5, 5.41) is 2.60. The third-order valence-electron chi connectivity index (χ3n) is 3.27. The molecule has 0 spiro atoms. The average Bonchev–Trinajstić information content (AvgIpc) is 3.21. The largest absolute Gasteiger partial charge is 0.333 e. The van der Waals surface area contributed by atoms with Crippen LogP contribution in [0.25, 0.3) is 0 Å². The number of imidazole rings is 1. The van der Waals surface area contributed by atoms with Gasteiger partial charge in [-0.15, -0.1) is 11.3 Å². The first-order valence-corrected chi connectivity index (χ1v) is 9.35. The minimum Gasteiger partial charge on any atom is -0.333 e. The number of carbonyl (C=O) groups excluding carboxylic acids is 1. The summed E-state index contributed by atoms with van der Waals surface area (Å²) in [5.41, 5.74) is 0. The van der Waals surface area contributed by atoms with Crippen LogP contribution in [0.4, 0.5) is 13.6 Å². The molecule has 2 heterocycles. The highest BCUT2D eigenvalue weighted by molar-refractivity contribution is 7.91. The van der Waals surface area contributed by atoms with E-state index in [9.17, 15) is 22.0 Å². The van der Waals surface area contributed by atoms with Crippen LogP contribution in [0.1, 0.15) is 17.3 Å². The van der Waals surface area contributed by atoms with Gasteiger partial charge in [0.25, 0.3) is 0 Å². The lowest BCUT2D eigenvalue weighted by molar-refractivity contribution is 0.0651. The molecule has 0 bridgehead atoms. The van der Waals surface area contributed by atoms with Crippen molar-refractivity contribution in [3.63, 3.8) is 0 Å². The number of rotatable bonds is 7. The fourth-order valence-electron chi connectivity index (χ4n) is 1.92. The SMILES string of the molecule is CNS(=O)(=O)c1ccc(CNC(=O)N(C)Cc2nccn2C(F)F)s1. The Balaban J connectivity index is 1.93. The van der Waals surface area contributed by atoms with Crippen LogP contribution >= 0.6 is 11.3 Å². The molecule has 2 aromatic rings. The van der Waals surface area contributed by atoms with Crippen LogP contribution < -0.4 is 10.0 Å². The number of aromatic nitrogens is 2. The maximum Gasteiger partial charge on any atom is 0.319 e. The van der Waals surface area contributed by atoms with Gasteiger partial charge < -0.3 is 10.2 Å². The Morgan fingerprint density at radius 1 is 1.44 bits per heavy atom. The number of halogens is 2. The van der Waals surface area contributed by atoms with Gasteiger partial charge in [-0.2, -0.15) is 8.78 Å². The van der Waals surface area contributed by atoms with E-state index in [0.29, 0.717) is 9.44 Å². The standard InChI is InChI=1S/C13H17F2N5O3S2/c1-16-25(22,23)11-4-3-9(24-11)7-18-13(21)19(2)8-10-17-5-6-20(10)12(14)15/h3-6,12,16H,7-8H2,1-2H3,(H,18,21). The van der Waals surface area contributed by atoms with Crippen LogP contribution in [0, 0.1) is 0 Å². The molecule has 0 saturated heterocycles. The summed E-state index contributed by atoms with van der Waals surface area (Å²) in [5.74, 6) is 0.0613. The van der Waals surface area contributed by atoms with Crippen LogP contribution in [0.3, 0.4) is 0 Å². The minimum absolute atomic E-state index is 0.0613. The quantitative estimate of drug-likeness (QED) is 0.747. The van der Waals surface area contributed by atoms with Gasteiger partial charge in [0.05, 0.1) is 13.1 Å². The summed E-state index contributed by atoms with van der Waals surface area (Å²) in [6, 6.07) is 2.55. The third kappa shape index (κ3) is 4.74. The number of hydrogen-bond donors (Lipinski definition) is 2. The molecule has 0 aliphatic heterocycles. The first-order valence-electron chi connectivity index (χ1n) is 7.05. The van der Waals surface area contributed by atoms with Crippen molar-refractivity contribution in [3.05, 3.63) is 35.2 Å². The molecule has 8 nitrogen and oxygen atoms in total. The van der Waals surface area contributed by atoms with Crippen LogP contribution in [0.15, 0.2) is 28.7 Å². The monoisotopic (exact) mass is 393 g/mol. The van der Waals surface area contributed by atoms with E-state index < -0.39 is 22.6 Å². The first kappa shape index (κ1) is 19.3. The smallest absolute Gasteiger partial charge is 0.319 e. The van der Waals surface area contributed by atoms with Crippen LogP contribution in [0.2, 0.25) is 0 Å². The van der Waals surface area contributed by atoms with E-state index in [1.165, 1.54) is 31.3 Å². The molecule has 0 radical (unpaired) electrons. The highest BCUT2D eigenvalue weighted by Crippen LogP contribution is 2.21. The van der Waals surface area contributed by atoms with Crippen LogP contribution in [0.5, 0.6) is 0 Å². The van der Waals surface area contributed by atoms with Crippen molar-refractivity contribution in [3.8, 4) is 0 Å². The summed E-state index contributed by atoms with van der Waals surface area (Å²) < 4.78 is 51.9. The molecule has 0 unspecified atom stereocenters. The second kappa shape index (κ2) is 7.89. The Kier molecular flexibility index (Phi) is 6.08. The molecule has 0 fully saturated rings. The molecular weight excluding hydrogens is 376 g/mol. The maximum atomic E-state index is 12.8. The van der Waals surface area contributed by atoms with E-state index in [-0.39, 0.29) is 23.1 Å². The predicted molar refractivity (Wildman–Crippen MR) is 87.7 cm³/mol. The topological polar surface area (TPSA) is 96.3 Å². The second-order valence-corrected chi connectivity index (χ2v) is 8.25. The summed E-state index contributed by atoms with van der Waals surface area (Å²) in [6.07, 6.45) is 2.38. The molecule has 12 heteroatoms. The predicted octanol–water partition coefficient (Wildman–Crippen LogP) is 1.59. The fourth-order valence-corrected chi connectivity index (χ4v) is 4.06. The van der Waals surface area contributed by atoms with Gasteiger partial charge in [-0.25, -0.2) is 22.9 Å². The first-order chi connectivity index (χ1) is 11.7. The number of nitrogens with zero attached hydrogens (tertiary/aromatic N) is 3. The summed E-state index contributed by atoms with van der Waals surface area (Å²) >= 11 is 1.03. The van der Waals surface area contributed by atoms with Gasteiger partial charge in [-0.3, -0.25) is 4.57 Å². The number of carbonyl (C=O) groups is 1. The molecule has 0 aromatic carbocycles. The maximum absolute atomic E-state index is 12.8. The van der Waals surface area contributed by atoms with Crippen LogP contribution in [-0.4, -0.2) is 43.0 Å². The van der Waals surface area contributed by atoms with Gasteiger partial charge in [0.2, 0.25) is 10.0 Å². The number of urea groups is 1. The van der Waals surface area contributed by atoms with Gasteiger partial charge in [-0.05, 0) is 19.2 Å². The number of thiophene rings is 1. The normalized spacial score (nSPS) is 11.7. The second-order valence-electron chi connectivity index (χ2n) is 4.97. The van der Waals surface area contributed by atoms with Crippen molar-refractivity contribution in [1.82, 2.24) is 24.5 Å². The molecular formula is C13H17F2N5O3S2. The van der Waals surface area contributed by atoms with E-state index in [4.69, 9.17) is 0 Å². The number of alkyl halides is 2. The van der Waals surface area contributed by atoms with Crippen molar-refractivity contribution < 1.29 is 22.0 Å². The molecule has 2 rings (SSSR count). The van der Waals surface area contributed by atoms with Gasteiger partial charge >= 0.3 is 12.6 Å². The Hall–Kier alpha value is -2.05. The van der Waals surface area contributed by atoms with E-state index in [2.05, 4.69) is 15.0 Å². The Labute approximate surface area is 147 Å². The number of amides is 2. The lowest BCUT2D eigenvalue weighted by Crippen LogP contribution is -2.36. The molecule has 2 N–H and O–H groups in total. The third-order valence-corrected chi connectivity index (χ3v) is 6.26. The van der Waals surface area contributed by atoms with E-state index in [1.54, 1.807) is 6.07 Å². The van der Waals surface area contributed by atoms with Crippen molar-refractivity contribution in [2.75, 3.05) is 14.1 Å². The van der Waals surface area contributed by atoms with Gasteiger partial charge in [-0.1, -0.05) is 0 Å². The highest BCUT2D eigenvalue weighted by Gasteiger charge is 2.17. The molecule has 2 aromatic heterocycles. The van der Waals surface area contributed by atoms with Crippen molar-refractivity contribution in [2.45, 2.75) is 23.8 Å². The molecule has 0 aliphatic carbocycles. The summed E-state index contributed by atoms with van der Waals surface area (Å²) in [7, 11) is -0.752. The molecule has 2 amide bonds. The van der Waals surface area contributed by atoms with Gasteiger partial charge in [0, 0.05) is 24.3 Å². The zero-order valence-electron chi connectivity index (χ0n) is 13.4. The van der Waals surface area contributed by atoms with E-state index in [1.807, 2.05) is 0 Å². The van der Waals surface area contributed by atoms with Crippen LogP contribution in [-0.2, 0) is 23.1 Å². The summed E-state index contributed by atoms with van der Waals surface area (Å²) in [6.45, 7) is -2.70. The lowest BCUT2D eigenvalue weighted by Gasteiger charge is -2.18. The van der Waals surface area contributed by atoms with Crippen molar-refractivity contribution in [1.29, 1.82) is 0 Å². The number of sulfonamides is 1. The van der Waals surface area contributed by atoms with Crippen molar-refractivity contribution >= 4 is 27.4 Å². The van der Waals surface area contributed by atoms with Gasteiger partial charge in [0.1, 0.15) is 10.0 Å². The minimum atomic E-state index is -3.52. The van der Waals surface area contributed by atoms with Crippen molar-refractivity contribution in [2.24, 2.45) is 0 Å². The zero-order chi connectivity index (χ0) is 18.6. The van der Waals surface area contributed by atoms with Gasteiger partial charge in [0.15, 0.2) is 0 Å². The number of hydrogen-bond acceptors (Lipinski definition) is 5. The Bertz CT molecular complexity index is 834. The van der Waals surface area contributed by atoms with E-state index in [0.717, 1.165) is 17.5 Å². The zero-order valence-corrected chi connectivity index (χ0v) is 15.1. The van der Waals surface area contributed by atoms with E-state index >= 15 is 0 Å². The molecule has 0 atom stereocenters.